The molecule has 1 fully saturated rings. The van der Waals surface area contributed by atoms with Gasteiger partial charge < -0.3 is 4.90 Å². The zero-order valence-electron chi connectivity index (χ0n) is 12.1. The number of rotatable bonds is 4. The van der Waals surface area contributed by atoms with Crippen LogP contribution in [-0.4, -0.2) is 40.8 Å². The van der Waals surface area contributed by atoms with E-state index in [2.05, 4.69) is 30.5 Å². The Morgan fingerprint density at radius 2 is 1.89 bits per heavy atom. The third-order valence-corrected chi connectivity index (χ3v) is 4.82. The maximum absolute atomic E-state index is 12.2. The molecule has 1 heterocycles. The summed E-state index contributed by atoms with van der Waals surface area (Å²) >= 11 is 2.05. The van der Waals surface area contributed by atoms with Crippen LogP contribution in [0.1, 0.15) is 36.2 Å². The molecule has 1 saturated heterocycles. The largest absolute Gasteiger partial charge is 0.301 e. The molecule has 2 nitrogen and oxygen atoms in total. The van der Waals surface area contributed by atoms with Crippen LogP contribution in [0.2, 0.25) is 0 Å². The fourth-order valence-electron chi connectivity index (χ4n) is 2.75. The summed E-state index contributed by atoms with van der Waals surface area (Å²) in [7, 11) is 0. The number of carbonyl (C=O) groups is 1. The van der Waals surface area contributed by atoms with Crippen molar-refractivity contribution in [3.05, 3.63) is 35.4 Å². The Morgan fingerprint density at radius 3 is 2.53 bits per heavy atom. The molecule has 0 aromatic heterocycles. The average molecular weight is 277 g/mol. The zero-order valence-corrected chi connectivity index (χ0v) is 12.9. The molecular formula is C16H23NOS. The first kappa shape index (κ1) is 14.6. The zero-order chi connectivity index (χ0) is 13.8. The molecule has 0 aliphatic carbocycles. The fraction of sp³-hybridized carbons (Fsp3) is 0.562. The van der Waals surface area contributed by atoms with E-state index in [4.69, 9.17) is 0 Å². The number of ketones is 1. The van der Waals surface area contributed by atoms with Gasteiger partial charge in [0.05, 0.1) is 0 Å². The van der Waals surface area contributed by atoms with Crippen LogP contribution >= 0.6 is 11.8 Å². The van der Waals surface area contributed by atoms with Crippen molar-refractivity contribution in [3.8, 4) is 0 Å². The molecule has 19 heavy (non-hydrogen) atoms. The summed E-state index contributed by atoms with van der Waals surface area (Å²) in [4.78, 5) is 14.7. The van der Waals surface area contributed by atoms with Gasteiger partial charge in [-0.3, -0.25) is 4.79 Å². The smallest absolute Gasteiger partial charge is 0.164 e. The van der Waals surface area contributed by atoms with Gasteiger partial charge in [-0.05, 0) is 12.5 Å². The molecule has 1 aliphatic heterocycles. The monoisotopic (exact) mass is 277 g/mol. The first-order valence-corrected chi connectivity index (χ1v) is 7.97. The summed E-state index contributed by atoms with van der Waals surface area (Å²) in [6, 6.07) is 7.88. The number of carbonyl (C=O) groups excluding carboxylic acids is 1. The Kier molecular flexibility index (Phi) is 5.06. The van der Waals surface area contributed by atoms with Gasteiger partial charge in [-0.1, -0.05) is 38.1 Å². The number of thioether (sulfide) groups is 1. The topological polar surface area (TPSA) is 20.3 Å². The van der Waals surface area contributed by atoms with Crippen LogP contribution < -0.4 is 0 Å². The SMILES string of the molecule is Cc1ccccc1C(=O)CCN1CC(C)SC(C)C1. The van der Waals surface area contributed by atoms with Crippen LogP contribution in [0.5, 0.6) is 0 Å². The van der Waals surface area contributed by atoms with Gasteiger partial charge in [0.25, 0.3) is 0 Å². The highest BCUT2D eigenvalue weighted by atomic mass is 32.2. The van der Waals surface area contributed by atoms with E-state index in [0.29, 0.717) is 16.9 Å². The van der Waals surface area contributed by atoms with Gasteiger partial charge in [0.15, 0.2) is 5.78 Å². The molecule has 2 rings (SSSR count). The van der Waals surface area contributed by atoms with E-state index in [1.807, 2.05) is 31.2 Å². The minimum Gasteiger partial charge on any atom is -0.301 e. The summed E-state index contributed by atoms with van der Waals surface area (Å²) in [5.74, 6) is 0.275. The van der Waals surface area contributed by atoms with Gasteiger partial charge >= 0.3 is 0 Å². The molecule has 1 aromatic carbocycles. The number of aryl methyl sites for hydroxylation is 1. The highest BCUT2D eigenvalue weighted by Crippen LogP contribution is 2.24. The number of hydrogen-bond donors (Lipinski definition) is 0. The molecule has 0 radical (unpaired) electrons. The van der Waals surface area contributed by atoms with Crippen LogP contribution in [0, 0.1) is 6.92 Å². The Morgan fingerprint density at radius 1 is 1.26 bits per heavy atom. The summed E-state index contributed by atoms with van der Waals surface area (Å²) < 4.78 is 0. The summed E-state index contributed by atoms with van der Waals surface area (Å²) in [5, 5.41) is 1.36. The number of Topliss-reactive ketones (excluding diaryl/α,β-unsaturated/α-hetero) is 1. The molecule has 2 unspecified atom stereocenters. The van der Waals surface area contributed by atoms with Gasteiger partial charge in [0.1, 0.15) is 0 Å². The molecule has 2 atom stereocenters. The second-order valence-electron chi connectivity index (χ2n) is 5.50. The highest BCUT2D eigenvalue weighted by molar-refractivity contribution is 8.00. The molecule has 1 aromatic rings. The lowest BCUT2D eigenvalue weighted by molar-refractivity contribution is 0.0963. The van der Waals surface area contributed by atoms with E-state index >= 15 is 0 Å². The van der Waals surface area contributed by atoms with E-state index in [-0.39, 0.29) is 5.78 Å². The summed E-state index contributed by atoms with van der Waals surface area (Å²) in [6.07, 6.45) is 0.634. The van der Waals surface area contributed by atoms with Crippen molar-refractivity contribution >= 4 is 17.5 Å². The summed E-state index contributed by atoms with van der Waals surface area (Å²) in [5.41, 5.74) is 1.97. The maximum Gasteiger partial charge on any atom is 0.164 e. The van der Waals surface area contributed by atoms with Crippen molar-refractivity contribution < 1.29 is 4.79 Å². The first-order chi connectivity index (χ1) is 9.06. The second kappa shape index (κ2) is 6.58. The van der Waals surface area contributed by atoms with Gasteiger partial charge in [-0.25, -0.2) is 0 Å². The lowest BCUT2D eigenvalue weighted by atomic mass is 10.0. The predicted octanol–water partition coefficient (Wildman–Crippen LogP) is 3.39. The van der Waals surface area contributed by atoms with E-state index in [9.17, 15) is 4.79 Å². The minimum absolute atomic E-state index is 0.275. The molecule has 0 bridgehead atoms. The van der Waals surface area contributed by atoms with E-state index in [1.165, 1.54) is 0 Å². The van der Waals surface area contributed by atoms with Crippen LogP contribution in [0.4, 0.5) is 0 Å². The van der Waals surface area contributed by atoms with Crippen molar-refractivity contribution in [2.24, 2.45) is 0 Å². The van der Waals surface area contributed by atoms with Gasteiger partial charge in [0.2, 0.25) is 0 Å². The predicted molar refractivity (Wildman–Crippen MR) is 83.1 cm³/mol. The van der Waals surface area contributed by atoms with Crippen molar-refractivity contribution in [2.75, 3.05) is 19.6 Å². The molecule has 0 N–H and O–H groups in total. The van der Waals surface area contributed by atoms with Crippen LogP contribution in [-0.2, 0) is 0 Å². The summed E-state index contributed by atoms with van der Waals surface area (Å²) in [6.45, 7) is 9.66. The quantitative estimate of drug-likeness (QED) is 0.787. The standard InChI is InChI=1S/C16H23NOS/c1-12-6-4-5-7-15(12)16(18)8-9-17-10-13(2)19-14(3)11-17/h4-7,13-14H,8-11H2,1-3H3. The van der Waals surface area contributed by atoms with Gasteiger partial charge in [-0.2, -0.15) is 11.8 Å². The van der Waals surface area contributed by atoms with Gasteiger partial charge in [0, 0.05) is 42.1 Å². The van der Waals surface area contributed by atoms with Crippen molar-refractivity contribution in [1.82, 2.24) is 4.90 Å². The van der Waals surface area contributed by atoms with Crippen molar-refractivity contribution in [2.45, 2.75) is 37.7 Å². The number of benzene rings is 1. The third-order valence-electron chi connectivity index (χ3n) is 3.60. The molecular weight excluding hydrogens is 254 g/mol. The molecule has 3 heteroatoms. The highest BCUT2D eigenvalue weighted by Gasteiger charge is 2.22. The van der Waals surface area contributed by atoms with E-state index < -0.39 is 0 Å². The third kappa shape index (κ3) is 4.08. The first-order valence-electron chi connectivity index (χ1n) is 7.03. The van der Waals surface area contributed by atoms with E-state index in [0.717, 1.165) is 30.8 Å². The lowest BCUT2D eigenvalue weighted by Crippen LogP contribution is -2.41. The molecule has 104 valence electrons. The van der Waals surface area contributed by atoms with Crippen molar-refractivity contribution in [1.29, 1.82) is 0 Å². The van der Waals surface area contributed by atoms with Gasteiger partial charge in [-0.15, -0.1) is 0 Å². The molecule has 0 amide bonds. The molecule has 0 saturated carbocycles. The normalized spacial score (nSPS) is 24.4. The Hall–Kier alpha value is -0.800. The number of nitrogens with zero attached hydrogens (tertiary/aromatic N) is 1. The van der Waals surface area contributed by atoms with Crippen LogP contribution in [0.3, 0.4) is 0 Å². The number of hydrogen-bond acceptors (Lipinski definition) is 3. The second-order valence-corrected chi connectivity index (χ2v) is 7.39. The Labute approximate surface area is 120 Å². The molecule has 0 spiro atoms. The van der Waals surface area contributed by atoms with Crippen LogP contribution in [0.25, 0.3) is 0 Å². The average Bonchev–Trinajstić information content (AvgIpc) is 2.35. The minimum atomic E-state index is 0.275. The lowest BCUT2D eigenvalue weighted by Gasteiger charge is -2.34. The van der Waals surface area contributed by atoms with Crippen molar-refractivity contribution in [3.63, 3.8) is 0 Å². The Balaban J connectivity index is 1.89. The van der Waals surface area contributed by atoms with Crippen LogP contribution in [0.15, 0.2) is 24.3 Å². The Bertz CT molecular complexity index is 436. The maximum atomic E-state index is 12.2. The fourth-order valence-corrected chi connectivity index (χ4v) is 4.13. The van der Waals surface area contributed by atoms with E-state index in [1.54, 1.807) is 0 Å². The molecule has 1 aliphatic rings.